The quantitative estimate of drug-likeness (QED) is 0.914. The van der Waals surface area contributed by atoms with Crippen LogP contribution in [0.3, 0.4) is 0 Å². The van der Waals surface area contributed by atoms with E-state index in [0.717, 1.165) is 29.4 Å². The molecule has 0 radical (unpaired) electrons. The molecule has 2 aliphatic rings. The van der Waals surface area contributed by atoms with Crippen LogP contribution in [-0.2, 0) is 0 Å². The van der Waals surface area contributed by atoms with Crippen molar-refractivity contribution in [3.8, 4) is 0 Å². The highest BCUT2D eigenvalue weighted by atomic mass is 16.3. The maximum absolute atomic E-state index is 12.5. The zero-order chi connectivity index (χ0) is 15.3. The van der Waals surface area contributed by atoms with Gasteiger partial charge in [0.15, 0.2) is 5.58 Å². The number of carbonyl (C=O) groups is 1. The first kappa shape index (κ1) is 13.8. The van der Waals surface area contributed by atoms with E-state index >= 15 is 0 Å². The number of pyridine rings is 1. The number of nitrogens with one attached hydrogen (secondary N) is 2. The first-order chi connectivity index (χ1) is 10.6. The third kappa shape index (κ3) is 2.20. The smallest absolute Gasteiger partial charge is 0.270 e. The number of rotatable bonds is 3. The van der Waals surface area contributed by atoms with E-state index in [9.17, 15) is 4.79 Å². The summed E-state index contributed by atoms with van der Waals surface area (Å²) < 4.78 is 5.51. The Kier molecular flexibility index (Phi) is 3.18. The second-order valence-corrected chi connectivity index (χ2v) is 6.77. The SMILES string of the molecule is CC(C)c1coc2cnc(C(=O)N[C@@H]3CC4CCC3N4)cc12. The normalized spacial score (nSPS) is 27.0. The molecular weight excluding hydrogens is 278 g/mol. The third-order valence-electron chi connectivity index (χ3n) is 4.96. The van der Waals surface area contributed by atoms with Crippen LogP contribution in [0.5, 0.6) is 0 Å². The Morgan fingerprint density at radius 1 is 1.45 bits per heavy atom. The van der Waals surface area contributed by atoms with Crippen LogP contribution in [-0.4, -0.2) is 29.0 Å². The lowest BCUT2D eigenvalue weighted by atomic mass is 9.95. The van der Waals surface area contributed by atoms with Gasteiger partial charge in [0.1, 0.15) is 5.69 Å². The van der Waals surface area contributed by atoms with E-state index in [2.05, 4.69) is 29.5 Å². The first-order valence-electron chi connectivity index (χ1n) is 8.06. The summed E-state index contributed by atoms with van der Waals surface area (Å²) in [5.74, 6) is 0.270. The van der Waals surface area contributed by atoms with Gasteiger partial charge in [0.2, 0.25) is 0 Å². The second kappa shape index (κ2) is 5.09. The second-order valence-electron chi connectivity index (χ2n) is 6.77. The molecule has 0 aliphatic carbocycles. The molecule has 2 N–H and O–H groups in total. The molecule has 0 aromatic carbocycles. The Morgan fingerprint density at radius 2 is 2.32 bits per heavy atom. The number of hydrogen-bond donors (Lipinski definition) is 2. The van der Waals surface area contributed by atoms with Crippen LogP contribution < -0.4 is 10.6 Å². The first-order valence-corrected chi connectivity index (χ1v) is 8.06. The highest BCUT2D eigenvalue weighted by Gasteiger charge is 2.39. The number of nitrogens with zero attached hydrogens (tertiary/aromatic N) is 1. The molecule has 22 heavy (non-hydrogen) atoms. The summed E-state index contributed by atoms with van der Waals surface area (Å²) in [5.41, 5.74) is 2.33. The molecule has 2 saturated heterocycles. The van der Waals surface area contributed by atoms with E-state index in [1.165, 1.54) is 6.42 Å². The zero-order valence-corrected chi connectivity index (χ0v) is 12.9. The molecule has 2 fully saturated rings. The largest absolute Gasteiger partial charge is 0.462 e. The van der Waals surface area contributed by atoms with Crippen LogP contribution in [0.2, 0.25) is 0 Å². The number of aromatic nitrogens is 1. The molecular formula is C17H21N3O2. The van der Waals surface area contributed by atoms with Crippen LogP contribution in [0.15, 0.2) is 22.9 Å². The summed E-state index contributed by atoms with van der Waals surface area (Å²) in [6.07, 6.45) is 6.82. The minimum Gasteiger partial charge on any atom is -0.462 e. The Hall–Kier alpha value is -1.88. The van der Waals surface area contributed by atoms with Crippen molar-refractivity contribution in [2.75, 3.05) is 0 Å². The number of furan rings is 1. The molecule has 2 aromatic heterocycles. The Morgan fingerprint density at radius 3 is 3.00 bits per heavy atom. The molecule has 0 spiro atoms. The fraction of sp³-hybridized carbons (Fsp3) is 0.529. The van der Waals surface area contributed by atoms with E-state index in [4.69, 9.17) is 4.42 Å². The van der Waals surface area contributed by atoms with E-state index in [1.807, 2.05) is 6.07 Å². The molecule has 3 atom stereocenters. The molecule has 0 saturated carbocycles. The fourth-order valence-electron chi connectivity index (χ4n) is 3.75. The molecule has 2 bridgehead atoms. The van der Waals surface area contributed by atoms with Crippen molar-refractivity contribution in [2.24, 2.45) is 0 Å². The molecule has 2 unspecified atom stereocenters. The predicted molar refractivity (Wildman–Crippen MR) is 83.9 cm³/mol. The summed E-state index contributed by atoms with van der Waals surface area (Å²) in [6.45, 7) is 4.23. The highest BCUT2D eigenvalue weighted by Crippen LogP contribution is 2.29. The summed E-state index contributed by atoms with van der Waals surface area (Å²) in [4.78, 5) is 16.7. The van der Waals surface area contributed by atoms with Gasteiger partial charge in [-0.05, 0) is 31.2 Å². The monoisotopic (exact) mass is 299 g/mol. The van der Waals surface area contributed by atoms with Crippen LogP contribution >= 0.6 is 0 Å². The summed E-state index contributed by atoms with van der Waals surface area (Å²) in [6, 6.07) is 3.09. The number of hydrogen-bond acceptors (Lipinski definition) is 4. The highest BCUT2D eigenvalue weighted by molar-refractivity contribution is 5.96. The summed E-state index contributed by atoms with van der Waals surface area (Å²) in [7, 11) is 0. The van der Waals surface area contributed by atoms with E-state index in [1.54, 1.807) is 12.5 Å². The number of fused-ring (bicyclic) bond motifs is 3. The average molecular weight is 299 g/mol. The Labute approximate surface area is 129 Å². The van der Waals surface area contributed by atoms with E-state index in [0.29, 0.717) is 23.7 Å². The van der Waals surface area contributed by atoms with Gasteiger partial charge in [0.05, 0.1) is 12.5 Å². The van der Waals surface area contributed by atoms with Gasteiger partial charge in [-0.25, -0.2) is 4.98 Å². The van der Waals surface area contributed by atoms with Gasteiger partial charge in [0, 0.05) is 29.1 Å². The van der Waals surface area contributed by atoms with Crippen molar-refractivity contribution in [1.29, 1.82) is 0 Å². The van der Waals surface area contributed by atoms with Gasteiger partial charge in [-0.1, -0.05) is 13.8 Å². The lowest BCUT2D eigenvalue weighted by Gasteiger charge is -2.21. The molecule has 116 valence electrons. The summed E-state index contributed by atoms with van der Waals surface area (Å²) in [5, 5.41) is 7.66. The van der Waals surface area contributed by atoms with E-state index in [-0.39, 0.29) is 11.9 Å². The van der Waals surface area contributed by atoms with Crippen molar-refractivity contribution >= 4 is 16.9 Å². The Bertz CT molecular complexity index is 722. The van der Waals surface area contributed by atoms with Crippen LogP contribution in [0.4, 0.5) is 0 Å². The molecule has 4 heterocycles. The maximum Gasteiger partial charge on any atom is 0.270 e. The minimum atomic E-state index is -0.0860. The topological polar surface area (TPSA) is 67.2 Å². The van der Waals surface area contributed by atoms with Crippen LogP contribution in [0.25, 0.3) is 11.0 Å². The van der Waals surface area contributed by atoms with Crippen LogP contribution in [0, 0.1) is 0 Å². The Balaban J connectivity index is 1.57. The lowest BCUT2D eigenvalue weighted by molar-refractivity contribution is 0.0926. The van der Waals surface area contributed by atoms with Gasteiger partial charge < -0.3 is 15.1 Å². The van der Waals surface area contributed by atoms with Gasteiger partial charge in [-0.15, -0.1) is 0 Å². The molecule has 1 amide bonds. The number of carbonyl (C=O) groups excluding carboxylic acids is 1. The van der Waals surface area contributed by atoms with Crippen molar-refractivity contribution in [1.82, 2.24) is 15.6 Å². The summed E-state index contributed by atoms with van der Waals surface area (Å²) >= 11 is 0. The standard InChI is InChI=1S/C17H21N3O2/c1-9(2)12-8-22-16-7-18-15(6-11(12)16)17(21)20-14-5-10-3-4-13(14)19-10/h6-10,13-14,19H,3-5H2,1-2H3,(H,20,21)/t10?,13?,14-/m1/s1. The predicted octanol–water partition coefficient (Wildman–Crippen LogP) is 2.57. The average Bonchev–Trinajstić information content (AvgIpc) is 3.20. The van der Waals surface area contributed by atoms with E-state index < -0.39 is 0 Å². The van der Waals surface area contributed by atoms with Gasteiger partial charge in [-0.3, -0.25) is 4.79 Å². The third-order valence-corrected chi connectivity index (χ3v) is 4.96. The van der Waals surface area contributed by atoms with Gasteiger partial charge in [-0.2, -0.15) is 0 Å². The molecule has 4 rings (SSSR count). The van der Waals surface area contributed by atoms with Crippen molar-refractivity contribution < 1.29 is 9.21 Å². The fourth-order valence-corrected chi connectivity index (χ4v) is 3.75. The number of amides is 1. The minimum absolute atomic E-state index is 0.0860. The molecule has 5 nitrogen and oxygen atoms in total. The lowest BCUT2D eigenvalue weighted by Crippen LogP contribution is -2.43. The van der Waals surface area contributed by atoms with Gasteiger partial charge in [0.25, 0.3) is 5.91 Å². The van der Waals surface area contributed by atoms with Crippen molar-refractivity contribution in [2.45, 2.75) is 57.2 Å². The molecule has 2 aromatic rings. The van der Waals surface area contributed by atoms with Crippen LogP contribution in [0.1, 0.15) is 55.1 Å². The zero-order valence-electron chi connectivity index (χ0n) is 12.9. The molecule has 5 heteroatoms. The van der Waals surface area contributed by atoms with Gasteiger partial charge >= 0.3 is 0 Å². The van der Waals surface area contributed by atoms with Crippen molar-refractivity contribution in [3.63, 3.8) is 0 Å². The van der Waals surface area contributed by atoms with Crippen molar-refractivity contribution in [3.05, 3.63) is 29.8 Å². The molecule has 2 aliphatic heterocycles. The maximum atomic E-state index is 12.5.